The normalized spacial score (nSPS) is 12.2. The molecule has 0 unspecified atom stereocenters. The first-order valence-corrected chi connectivity index (χ1v) is 20.6. The number of hydrogen-bond acceptors (Lipinski definition) is 10. The minimum Gasteiger partial charge on any atom is -0.484 e. The molecular formula is C50H36F12N2O8. The molecule has 10 nitrogen and oxygen atoms in total. The summed E-state index contributed by atoms with van der Waals surface area (Å²) in [4.78, 5) is 25.6. The predicted molar refractivity (Wildman–Crippen MR) is 236 cm³/mol. The largest absolute Gasteiger partial charge is 0.484 e. The fourth-order valence-electron chi connectivity index (χ4n) is 6.32. The molecule has 0 saturated carbocycles. The number of carbonyl (C=O) groups is 2. The molecule has 4 N–H and O–H groups in total. The lowest BCUT2D eigenvalue weighted by Gasteiger charge is -2.19. The van der Waals surface area contributed by atoms with Gasteiger partial charge in [0.25, 0.3) is 0 Å². The van der Waals surface area contributed by atoms with Gasteiger partial charge in [0.15, 0.2) is 36.3 Å². The number of halogens is 12. The first-order chi connectivity index (χ1) is 33.8. The van der Waals surface area contributed by atoms with Crippen LogP contribution in [0.15, 0.2) is 133 Å². The number of carbonyl (C=O) groups excluding carboxylic acids is 2. The maximum Gasteiger partial charge on any atom is 0.426 e. The maximum absolute atomic E-state index is 14.9. The summed E-state index contributed by atoms with van der Waals surface area (Å²) in [5.41, 5.74) is 13.6. The highest BCUT2D eigenvalue weighted by Gasteiger charge is 2.37. The molecule has 0 heterocycles. The minimum atomic E-state index is -4.71. The third-order valence-corrected chi connectivity index (χ3v) is 9.69. The van der Waals surface area contributed by atoms with Crippen molar-refractivity contribution in [2.45, 2.75) is 37.8 Å². The molecule has 0 aliphatic heterocycles. The molecule has 0 saturated heterocycles. The van der Waals surface area contributed by atoms with Gasteiger partial charge in [0.1, 0.15) is 24.7 Å². The SMILES string of the molecule is Nc1ccc(-c2ccc(N)cc2COC(=O)/C=C/c2ccc(C(F)(F)Oc3ccc(OCC(F)(F)F)cc3F)cc2)c(COC(=O)/C=C/c2ccc(C(F)(F)Oc3ccc(OCC(F)(F)F)cc3F)cc2)c1. The number of alkyl halides is 10. The summed E-state index contributed by atoms with van der Waals surface area (Å²) in [5, 5.41) is 0. The fraction of sp³-hybridized carbons (Fsp3) is 0.160. The van der Waals surface area contributed by atoms with E-state index in [2.05, 4.69) is 18.9 Å². The van der Waals surface area contributed by atoms with Crippen LogP contribution in [0.25, 0.3) is 23.3 Å². The Morgan fingerprint density at radius 3 is 1.17 bits per heavy atom. The Kier molecular flexibility index (Phi) is 16.4. The van der Waals surface area contributed by atoms with Gasteiger partial charge in [-0.25, -0.2) is 18.4 Å². The Morgan fingerprint density at radius 1 is 0.472 bits per heavy atom. The summed E-state index contributed by atoms with van der Waals surface area (Å²) in [5.74, 6) is -7.53. The van der Waals surface area contributed by atoms with Gasteiger partial charge in [-0.15, -0.1) is 0 Å². The molecule has 0 spiro atoms. The third-order valence-electron chi connectivity index (χ3n) is 9.69. The predicted octanol–water partition coefficient (Wildman–Crippen LogP) is 12.4. The van der Waals surface area contributed by atoms with Crippen molar-refractivity contribution in [2.75, 3.05) is 24.7 Å². The maximum atomic E-state index is 14.9. The van der Waals surface area contributed by atoms with Gasteiger partial charge in [0.2, 0.25) is 0 Å². The van der Waals surface area contributed by atoms with Crippen LogP contribution in [0.3, 0.4) is 0 Å². The van der Waals surface area contributed by atoms with Crippen molar-refractivity contribution in [1.29, 1.82) is 0 Å². The summed E-state index contributed by atoms with van der Waals surface area (Å²) in [6.45, 7) is -4.10. The molecule has 0 aromatic heterocycles. The number of nitrogen functional groups attached to an aromatic ring is 2. The van der Waals surface area contributed by atoms with Gasteiger partial charge in [0.05, 0.1) is 11.1 Å². The first kappa shape index (κ1) is 53.1. The van der Waals surface area contributed by atoms with Gasteiger partial charge in [-0.1, -0.05) is 36.4 Å². The highest BCUT2D eigenvalue weighted by Crippen LogP contribution is 2.37. The van der Waals surface area contributed by atoms with Crippen molar-refractivity contribution in [3.05, 3.63) is 178 Å². The highest BCUT2D eigenvalue weighted by atomic mass is 19.4. The lowest BCUT2D eigenvalue weighted by molar-refractivity contribution is -0.187. The number of benzene rings is 6. The van der Waals surface area contributed by atoms with E-state index in [1.54, 1.807) is 24.3 Å². The van der Waals surface area contributed by atoms with Crippen LogP contribution in [0.4, 0.5) is 64.1 Å². The van der Waals surface area contributed by atoms with Gasteiger partial charge in [-0.2, -0.15) is 43.9 Å². The Bertz CT molecular complexity index is 2740. The quantitative estimate of drug-likeness (QED) is 0.0348. The zero-order valence-corrected chi connectivity index (χ0v) is 36.6. The summed E-state index contributed by atoms with van der Waals surface area (Å²) in [7, 11) is 0. The second-order valence-corrected chi connectivity index (χ2v) is 15.2. The van der Waals surface area contributed by atoms with Crippen molar-refractivity contribution in [1.82, 2.24) is 0 Å². The Morgan fingerprint density at radius 2 is 0.833 bits per heavy atom. The average molecular weight is 1020 g/mol. The smallest absolute Gasteiger partial charge is 0.426 e. The van der Waals surface area contributed by atoms with Gasteiger partial charge in [-0.05, 0) is 118 Å². The van der Waals surface area contributed by atoms with Gasteiger partial charge in [-0.3, -0.25) is 0 Å². The van der Waals surface area contributed by atoms with Crippen LogP contribution >= 0.6 is 0 Å². The Labute approximate surface area is 400 Å². The molecule has 6 rings (SSSR count). The molecule has 6 aromatic rings. The molecule has 0 aliphatic carbocycles. The van der Waals surface area contributed by atoms with Crippen molar-refractivity contribution in [3.8, 4) is 34.1 Å². The number of nitrogens with two attached hydrogens (primary N) is 2. The molecule has 378 valence electrons. The highest BCUT2D eigenvalue weighted by molar-refractivity contribution is 5.88. The second-order valence-electron chi connectivity index (χ2n) is 15.2. The molecule has 0 amide bonds. The molecule has 72 heavy (non-hydrogen) atoms. The average Bonchev–Trinajstić information content (AvgIpc) is 3.31. The lowest BCUT2D eigenvalue weighted by atomic mass is 9.95. The number of esters is 2. The van der Waals surface area contributed by atoms with Crippen molar-refractivity contribution in [3.63, 3.8) is 0 Å². The Balaban J connectivity index is 1.03. The van der Waals surface area contributed by atoms with E-state index in [1.165, 1.54) is 48.6 Å². The van der Waals surface area contributed by atoms with Crippen molar-refractivity contribution < 1.29 is 90.7 Å². The van der Waals surface area contributed by atoms with E-state index in [0.29, 0.717) is 57.9 Å². The van der Waals surface area contributed by atoms with E-state index >= 15 is 0 Å². The van der Waals surface area contributed by atoms with Gasteiger partial charge >= 0.3 is 36.5 Å². The fourth-order valence-corrected chi connectivity index (χ4v) is 6.32. The number of ether oxygens (including phenoxy) is 6. The lowest BCUT2D eigenvalue weighted by Crippen LogP contribution is -2.22. The first-order valence-electron chi connectivity index (χ1n) is 20.6. The zero-order chi connectivity index (χ0) is 52.4. The van der Waals surface area contributed by atoms with E-state index in [9.17, 15) is 62.3 Å². The zero-order valence-electron chi connectivity index (χ0n) is 36.6. The third kappa shape index (κ3) is 15.3. The van der Waals surface area contributed by atoms with E-state index < -0.39 is 95.5 Å². The summed E-state index contributed by atoms with van der Waals surface area (Å²) in [6.07, 6.45) is -13.0. The summed E-state index contributed by atoms with van der Waals surface area (Å²) < 4.78 is 191. The number of hydrogen-bond donors (Lipinski definition) is 2. The summed E-state index contributed by atoms with van der Waals surface area (Å²) >= 11 is 0. The van der Waals surface area contributed by atoms with Crippen LogP contribution < -0.4 is 30.4 Å². The molecule has 0 bridgehead atoms. The van der Waals surface area contributed by atoms with E-state index in [1.807, 2.05) is 0 Å². The van der Waals surface area contributed by atoms with Crippen LogP contribution in [0.5, 0.6) is 23.0 Å². The van der Waals surface area contributed by atoms with Gasteiger partial charge < -0.3 is 39.9 Å². The number of rotatable bonds is 19. The molecular weight excluding hydrogens is 985 g/mol. The van der Waals surface area contributed by atoms with Crippen LogP contribution in [0, 0.1) is 11.6 Å². The van der Waals surface area contributed by atoms with Crippen LogP contribution in [-0.2, 0) is 44.5 Å². The van der Waals surface area contributed by atoms with Gasteiger partial charge in [0, 0.05) is 35.7 Å². The van der Waals surface area contributed by atoms with Crippen LogP contribution in [-0.4, -0.2) is 37.5 Å². The molecule has 0 fully saturated rings. The number of anilines is 2. The Hall–Kier alpha value is -8.30. The molecule has 6 aromatic carbocycles. The monoisotopic (exact) mass is 1020 g/mol. The molecule has 0 atom stereocenters. The standard InChI is InChI=1S/C50H36F12N2O8/c51-41-23-37(69-27-47(53,54)55)13-17-43(41)71-49(59,60)33-7-1-29(2-8-33)5-19-45(65)67-25-31-21-35(63)11-15-39(31)40-16-12-36(64)22-32(40)26-68-46(66)20-6-30-3-9-34(10-4-30)50(61,62)72-44-18-14-38(24-42(44)52)70-28-48(56,57)58/h1-24H,25-28,63-64H2/b19-5+,20-6+. The minimum absolute atomic E-state index is 0.263. The summed E-state index contributed by atoms with van der Waals surface area (Å²) in [6, 6.07) is 22.0. The van der Waals surface area contributed by atoms with Crippen molar-refractivity contribution in [2.24, 2.45) is 0 Å². The van der Waals surface area contributed by atoms with Crippen LogP contribution in [0.1, 0.15) is 33.4 Å². The molecule has 22 heteroatoms. The van der Waals surface area contributed by atoms with E-state index in [-0.39, 0.29) is 24.3 Å². The van der Waals surface area contributed by atoms with Crippen molar-refractivity contribution >= 4 is 35.5 Å². The second kappa shape index (κ2) is 22.2. The van der Waals surface area contributed by atoms with Crippen LogP contribution in [0.2, 0.25) is 0 Å². The van der Waals surface area contributed by atoms with E-state index in [0.717, 1.165) is 48.6 Å². The topological polar surface area (TPSA) is 142 Å². The van der Waals surface area contributed by atoms with E-state index in [4.69, 9.17) is 20.9 Å². The molecule has 0 aliphatic rings. The molecule has 0 radical (unpaired) electrons.